The highest BCUT2D eigenvalue weighted by atomic mass is 16.5. The number of fused-ring (bicyclic) bond motifs is 2. The summed E-state index contributed by atoms with van der Waals surface area (Å²) in [5.41, 5.74) is 4.11. The number of rotatable bonds is 7. The number of nitrogens with one attached hydrogen (secondary N) is 2. The largest absolute Gasteiger partial charge is 0.382 e. The Kier molecular flexibility index (Phi) is 5.33. The van der Waals surface area contributed by atoms with Crippen LogP contribution in [0, 0.1) is 0 Å². The molecule has 0 amide bonds. The van der Waals surface area contributed by atoms with Crippen LogP contribution in [-0.4, -0.2) is 57.0 Å². The second-order valence-electron chi connectivity index (χ2n) is 7.76. The van der Waals surface area contributed by atoms with Crippen LogP contribution < -0.4 is 5.32 Å². The predicted octanol–water partition coefficient (Wildman–Crippen LogP) is 3.66. The molecular formula is C22H26N6O2. The summed E-state index contributed by atoms with van der Waals surface area (Å²) >= 11 is 0. The molecule has 156 valence electrons. The monoisotopic (exact) mass is 406 g/mol. The van der Waals surface area contributed by atoms with E-state index in [0.29, 0.717) is 31.3 Å². The normalized spacial score (nSPS) is 19.5. The average molecular weight is 406 g/mol. The highest BCUT2D eigenvalue weighted by Crippen LogP contribution is 2.29. The molecule has 1 saturated carbocycles. The zero-order valence-corrected chi connectivity index (χ0v) is 17.0. The topological polar surface area (TPSA) is 89.4 Å². The summed E-state index contributed by atoms with van der Waals surface area (Å²) < 4.78 is 12.8. The number of aromatic amines is 1. The zero-order chi connectivity index (χ0) is 20.3. The molecule has 8 heteroatoms. The third kappa shape index (κ3) is 3.88. The maximum atomic E-state index is 5.85. The number of hydrogen-bond acceptors (Lipinski definition) is 6. The van der Waals surface area contributed by atoms with Crippen LogP contribution in [0.1, 0.15) is 25.7 Å². The van der Waals surface area contributed by atoms with Crippen molar-refractivity contribution in [1.29, 1.82) is 0 Å². The first-order valence-electron chi connectivity index (χ1n) is 10.4. The smallest absolute Gasteiger partial charge is 0.224 e. The van der Waals surface area contributed by atoms with Crippen molar-refractivity contribution in [2.45, 2.75) is 37.8 Å². The van der Waals surface area contributed by atoms with Crippen molar-refractivity contribution < 1.29 is 9.47 Å². The first-order chi connectivity index (χ1) is 14.8. The number of H-pyrrole nitrogens is 1. The van der Waals surface area contributed by atoms with Crippen LogP contribution >= 0.6 is 0 Å². The quantitative estimate of drug-likeness (QED) is 0.455. The lowest BCUT2D eigenvalue weighted by atomic mass is 9.93. The third-order valence-corrected chi connectivity index (χ3v) is 5.79. The van der Waals surface area contributed by atoms with E-state index in [1.54, 1.807) is 13.3 Å². The Morgan fingerprint density at radius 1 is 1.20 bits per heavy atom. The van der Waals surface area contributed by atoms with Gasteiger partial charge >= 0.3 is 0 Å². The molecule has 0 spiro atoms. The van der Waals surface area contributed by atoms with Crippen molar-refractivity contribution in [2.75, 3.05) is 25.6 Å². The van der Waals surface area contributed by atoms with Crippen LogP contribution in [0.2, 0.25) is 0 Å². The highest BCUT2D eigenvalue weighted by Gasteiger charge is 2.22. The maximum absolute atomic E-state index is 5.85. The minimum atomic E-state index is 0.334. The number of ether oxygens (including phenoxy) is 2. The molecule has 0 saturated heterocycles. The molecule has 4 aromatic rings. The molecule has 0 atom stereocenters. The van der Waals surface area contributed by atoms with Gasteiger partial charge in [0.2, 0.25) is 5.95 Å². The maximum Gasteiger partial charge on any atom is 0.224 e. The predicted molar refractivity (Wildman–Crippen MR) is 116 cm³/mol. The van der Waals surface area contributed by atoms with Crippen molar-refractivity contribution in [3.63, 3.8) is 0 Å². The minimum Gasteiger partial charge on any atom is -0.382 e. The number of pyridine rings is 1. The van der Waals surface area contributed by atoms with Crippen molar-refractivity contribution in [2.24, 2.45) is 0 Å². The van der Waals surface area contributed by atoms with Gasteiger partial charge in [-0.05, 0) is 49.4 Å². The molecule has 30 heavy (non-hydrogen) atoms. The molecule has 4 heterocycles. The van der Waals surface area contributed by atoms with Gasteiger partial charge in [0.05, 0.1) is 24.8 Å². The Morgan fingerprint density at radius 3 is 2.97 bits per heavy atom. The van der Waals surface area contributed by atoms with Crippen molar-refractivity contribution >= 4 is 22.5 Å². The van der Waals surface area contributed by atoms with Gasteiger partial charge < -0.3 is 19.8 Å². The van der Waals surface area contributed by atoms with Gasteiger partial charge in [0.25, 0.3) is 0 Å². The van der Waals surface area contributed by atoms with Crippen LogP contribution in [0.25, 0.3) is 27.7 Å². The number of anilines is 1. The van der Waals surface area contributed by atoms with Crippen LogP contribution in [0.4, 0.5) is 5.95 Å². The summed E-state index contributed by atoms with van der Waals surface area (Å²) in [6, 6.07) is 6.55. The molecule has 4 aromatic heterocycles. The van der Waals surface area contributed by atoms with Crippen LogP contribution in [0.15, 0.2) is 43.0 Å². The third-order valence-electron chi connectivity index (χ3n) is 5.79. The van der Waals surface area contributed by atoms with Gasteiger partial charge in [-0.3, -0.25) is 0 Å². The van der Waals surface area contributed by atoms with Gasteiger partial charge in [0.15, 0.2) is 0 Å². The number of aromatic nitrogens is 5. The molecule has 0 unspecified atom stereocenters. The van der Waals surface area contributed by atoms with Gasteiger partial charge in [-0.25, -0.2) is 9.50 Å². The van der Waals surface area contributed by atoms with E-state index < -0.39 is 0 Å². The average Bonchev–Trinajstić information content (AvgIpc) is 3.41. The fraction of sp³-hybridized carbons (Fsp3) is 0.409. The molecule has 1 aliphatic rings. The lowest BCUT2D eigenvalue weighted by molar-refractivity contribution is -0.00157. The van der Waals surface area contributed by atoms with Gasteiger partial charge in [-0.1, -0.05) is 0 Å². The van der Waals surface area contributed by atoms with Gasteiger partial charge in [-0.15, -0.1) is 0 Å². The molecule has 1 fully saturated rings. The number of hydrogen-bond donors (Lipinski definition) is 2. The summed E-state index contributed by atoms with van der Waals surface area (Å²) in [6.45, 7) is 1.32. The lowest BCUT2D eigenvalue weighted by Crippen LogP contribution is -2.31. The Morgan fingerprint density at radius 2 is 2.10 bits per heavy atom. The lowest BCUT2D eigenvalue weighted by Gasteiger charge is -2.29. The van der Waals surface area contributed by atoms with Crippen molar-refractivity contribution in [1.82, 2.24) is 24.6 Å². The second-order valence-corrected chi connectivity index (χ2v) is 7.76. The van der Waals surface area contributed by atoms with Crippen molar-refractivity contribution in [3.05, 3.63) is 43.0 Å². The summed E-state index contributed by atoms with van der Waals surface area (Å²) in [6.07, 6.45) is 12.2. The van der Waals surface area contributed by atoms with E-state index in [0.717, 1.165) is 53.4 Å². The molecule has 8 nitrogen and oxygen atoms in total. The van der Waals surface area contributed by atoms with E-state index >= 15 is 0 Å². The fourth-order valence-electron chi connectivity index (χ4n) is 4.16. The van der Waals surface area contributed by atoms with Crippen LogP contribution in [0.3, 0.4) is 0 Å². The van der Waals surface area contributed by atoms with E-state index in [4.69, 9.17) is 14.5 Å². The molecule has 0 bridgehead atoms. The summed E-state index contributed by atoms with van der Waals surface area (Å²) in [4.78, 5) is 12.6. The van der Waals surface area contributed by atoms with E-state index in [1.165, 1.54) is 0 Å². The Bertz CT molecular complexity index is 1130. The molecule has 0 aromatic carbocycles. The standard InChI is InChI=1S/C22H26N6O2/c1-29-10-11-30-18-4-2-16(3-5-18)26-22-24-14-20-19(13-23-21(20)27-22)15-7-9-28-17(12-15)6-8-25-28/h6-9,12-14,16,18H,2-5,10-11H2,1H3,(H2,23,24,26,27). The molecule has 1 aliphatic carbocycles. The summed E-state index contributed by atoms with van der Waals surface area (Å²) in [5.74, 6) is 0.672. The van der Waals surface area contributed by atoms with Gasteiger partial charge in [0.1, 0.15) is 5.65 Å². The first-order valence-corrected chi connectivity index (χ1v) is 10.4. The number of nitrogens with zero attached hydrogens (tertiary/aromatic N) is 4. The van der Waals surface area contributed by atoms with Gasteiger partial charge in [-0.2, -0.15) is 10.1 Å². The molecule has 2 N–H and O–H groups in total. The molecule has 0 aliphatic heterocycles. The Balaban J connectivity index is 1.26. The fourth-order valence-corrected chi connectivity index (χ4v) is 4.16. The van der Waals surface area contributed by atoms with Gasteiger partial charge in [0, 0.05) is 48.9 Å². The Labute approximate surface area is 174 Å². The first kappa shape index (κ1) is 19.0. The SMILES string of the molecule is COCCOC1CCC(Nc2ncc3c(-c4ccn5nccc5c4)c[nH]c3n2)CC1. The molecule has 0 radical (unpaired) electrons. The van der Waals surface area contributed by atoms with E-state index in [2.05, 4.69) is 32.5 Å². The van der Waals surface area contributed by atoms with Crippen LogP contribution in [-0.2, 0) is 9.47 Å². The van der Waals surface area contributed by atoms with E-state index in [-0.39, 0.29) is 0 Å². The zero-order valence-electron chi connectivity index (χ0n) is 17.0. The van der Waals surface area contributed by atoms with E-state index in [9.17, 15) is 0 Å². The molecule has 5 rings (SSSR count). The molecular weight excluding hydrogens is 380 g/mol. The summed E-state index contributed by atoms with van der Waals surface area (Å²) in [7, 11) is 1.70. The van der Waals surface area contributed by atoms with Crippen molar-refractivity contribution in [3.8, 4) is 11.1 Å². The highest BCUT2D eigenvalue weighted by molar-refractivity contribution is 5.94. The number of methoxy groups -OCH3 is 1. The van der Waals surface area contributed by atoms with E-state index in [1.807, 2.05) is 29.2 Å². The Hall–Kier alpha value is -2.97. The minimum absolute atomic E-state index is 0.334. The van der Waals surface area contributed by atoms with Crippen LogP contribution in [0.5, 0.6) is 0 Å². The second kappa shape index (κ2) is 8.41. The summed E-state index contributed by atoms with van der Waals surface area (Å²) in [5, 5.41) is 8.77.